The highest BCUT2D eigenvalue weighted by Gasteiger charge is 2.18. The quantitative estimate of drug-likeness (QED) is 0.555. The van der Waals surface area contributed by atoms with E-state index in [4.69, 9.17) is 0 Å². The maximum Gasteiger partial charge on any atom is 0.450 e. The normalized spacial score (nSPS) is 12.9. The van der Waals surface area contributed by atoms with E-state index in [1.54, 1.807) is 4.67 Å². The fourth-order valence-corrected chi connectivity index (χ4v) is 1.11. The van der Waals surface area contributed by atoms with Crippen molar-refractivity contribution in [2.75, 3.05) is 34.5 Å². The van der Waals surface area contributed by atoms with E-state index in [2.05, 4.69) is 0 Å². The van der Waals surface area contributed by atoms with E-state index in [9.17, 15) is 4.57 Å². The van der Waals surface area contributed by atoms with E-state index in [1.165, 1.54) is 0 Å². The molecule has 9 heavy (non-hydrogen) atoms. The average molecular weight is 149 g/mol. The van der Waals surface area contributed by atoms with Gasteiger partial charge in [-0.15, -0.1) is 4.67 Å². The van der Waals surface area contributed by atoms with Crippen LogP contribution in [0.5, 0.6) is 0 Å². The van der Waals surface area contributed by atoms with Gasteiger partial charge in [-0.25, -0.2) is 0 Å². The summed E-state index contributed by atoms with van der Waals surface area (Å²) in [5.74, 6) is 0. The first-order chi connectivity index (χ1) is 4.04. The van der Waals surface area contributed by atoms with Crippen molar-refractivity contribution in [2.24, 2.45) is 0 Å². The second-order valence-corrected chi connectivity index (χ2v) is 4.21. The highest BCUT2D eigenvalue weighted by molar-refractivity contribution is 7.41. The highest BCUT2D eigenvalue weighted by Crippen LogP contribution is 2.21. The molecule has 4 heteroatoms. The number of hydrogen-bond donors (Lipinski definition) is 0. The summed E-state index contributed by atoms with van der Waals surface area (Å²) < 4.78 is 12.7. The molecule has 1 atom stereocenters. The SMILES string of the molecule is CN(C)C[P+](=O)N(C)C. The molecule has 0 N–H and O–H groups in total. The zero-order valence-corrected chi connectivity index (χ0v) is 7.35. The van der Waals surface area contributed by atoms with Crippen LogP contribution in [0.2, 0.25) is 0 Å². The molecule has 0 saturated carbocycles. The van der Waals surface area contributed by atoms with Gasteiger partial charge in [0.2, 0.25) is 6.29 Å². The van der Waals surface area contributed by atoms with Crippen LogP contribution in [-0.2, 0) is 4.57 Å². The van der Waals surface area contributed by atoms with Gasteiger partial charge in [-0.05, 0) is 18.7 Å². The van der Waals surface area contributed by atoms with Crippen molar-refractivity contribution < 1.29 is 4.57 Å². The Kier molecular flexibility index (Phi) is 3.95. The summed E-state index contributed by atoms with van der Waals surface area (Å²) >= 11 is 0. The maximum absolute atomic E-state index is 11.0. The lowest BCUT2D eigenvalue weighted by molar-refractivity contribution is 0.448. The van der Waals surface area contributed by atoms with Crippen molar-refractivity contribution in [3.63, 3.8) is 0 Å². The maximum atomic E-state index is 11.0. The summed E-state index contributed by atoms with van der Waals surface area (Å²) in [6.45, 7) is 0. The lowest BCUT2D eigenvalue weighted by atomic mass is 11.0. The van der Waals surface area contributed by atoms with E-state index in [0.29, 0.717) is 6.29 Å². The zero-order chi connectivity index (χ0) is 7.44. The third kappa shape index (κ3) is 4.52. The summed E-state index contributed by atoms with van der Waals surface area (Å²) in [5, 5.41) is 0. The van der Waals surface area contributed by atoms with Crippen LogP contribution in [0.25, 0.3) is 0 Å². The lowest BCUT2D eigenvalue weighted by Gasteiger charge is -2.01. The average Bonchev–Trinajstić information content (AvgIpc) is 1.63. The van der Waals surface area contributed by atoms with Gasteiger partial charge in [0.05, 0.1) is 0 Å². The van der Waals surface area contributed by atoms with Crippen LogP contribution >= 0.6 is 7.95 Å². The van der Waals surface area contributed by atoms with Crippen LogP contribution in [0.4, 0.5) is 0 Å². The molecular weight excluding hydrogens is 135 g/mol. The second-order valence-electron chi connectivity index (χ2n) is 2.42. The zero-order valence-electron chi connectivity index (χ0n) is 6.46. The minimum Gasteiger partial charge on any atom is -0.267 e. The molecule has 0 aromatic heterocycles. The Balaban J connectivity index is 3.51. The van der Waals surface area contributed by atoms with Gasteiger partial charge in [0.25, 0.3) is 0 Å². The van der Waals surface area contributed by atoms with Crippen molar-refractivity contribution in [3.05, 3.63) is 0 Å². The molecule has 0 heterocycles. The van der Waals surface area contributed by atoms with Crippen molar-refractivity contribution >= 4 is 7.95 Å². The van der Waals surface area contributed by atoms with Gasteiger partial charge in [-0.2, -0.15) is 0 Å². The second kappa shape index (κ2) is 3.94. The van der Waals surface area contributed by atoms with E-state index >= 15 is 0 Å². The summed E-state index contributed by atoms with van der Waals surface area (Å²) in [7, 11) is 6.30. The standard InChI is InChI=1S/C5H14N2OP/c1-6(2)5-9(8)7(3)4/h5H2,1-4H3/q+1. The van der Waals surface area contributed by atoms with Gasteiger partial charge < -0.3 is 0 Å². The first-order valence-corrected chi connectivity index (χ1v) is 4.20. The number of nitrogens with zero attached hydrogens (tertiary/aromatic N) is 2. The van der Waals surface area contributed by atoms with Crippen LogP contribution in [0.3, 0.4) is 0 Å². The Hall–Kier alpha value is 0.0200. The van der Waals surface area contributed by atoms with Crippen LogP contribution in [0.1, 0.15) is 0 Å². The topological polar surface area (TPSA) is 23.6 Å². The molecule has 3 nitrogen and oxygen atoms in total. The summed E-state index contributed by atoms with van der Waals surface area (Å²) in [6.07, 6.45) is 0.641. The van der Waals surface area contributed by atoms with Gasteiger partial charge in [-0.1, -0.05) is 0 Å². The summed E-state index contributed by atoms with van der Waals surface area (Å²) in [4.78, 5) is 1.92. The third-order valence-corrected chi connectivity index (χ3v) is 2.55. The van der Waals surface area contributed by atoms with Crippen molar-refractivity contribution in [1.29, 1.82) is 0 Å². The fourth-order valence-electron chi connectivity index (χ4n) is 0.368. The van der Waals surface area contributed by atoms with Crippen LogP contribution in [0, 0.1) is 0 Å². The first-order valence-electron chi connectivity index (χ1n) is 2.80. The molecule has 54 valence electrons. The Labute approximate surface area is 57.5 Å². The molecule has 0 aliphatic rings. The molecule has 0 aromatic carbocycles. The molecule has 0 amide bonds. The molecular formula is C5H14N2OP+. The first kappa shape index (κ1) is 9.02. The molecule has 0 fully saturated rings. The number of rotatable bonds is 3. The van der Waals surface area contributed by atoms with Crippen molar-refractivity contribution in [1.82, 2.24) is 9.57 Å². The summed E-state index contributed by atoms with van der Waals surface area (Å²) in [6, 6.07) is 0. The molecule has 0 aromatic rings. The molecule has 1 unspecified atom stereocenters. The van der Waals surface area contributed by atoms with Crippen molar-refractivity contribution in [3.8, 4) is 0 Å². The largest absolute Gasteiger partial charge is 0.450 e. The Morgan fingerprint density at radius 2 is 1.67 bits per heavy atom. The van der Waals surface area contributed by atoms with Crippen LogP contribution in [0.15, 0.2) is 0 Å². The van der Waals surface area contributed by atoms with Gasteiger partial charge in [0.15, 0.2) is 0 Å². The van der Waals surface area contributed by atoms with E-state index in [-0.39, 0.29) is 0 Å². The monoisotopic (exact) mass is 149 g/mol. The van der Waals surface area contributed by atoms with Crippen LogP contribution in [-0.4, -0.2) is 44.0 Å². The Bertz CT molecular complexity index is 103. The van der Waals surface area contributed by atoms with Crippen LogP contribution < -0.4 is 0 Å². The fraction of sp³-hybridized carbons (Fsp3) is 1.00. The predicted molar refractivity (Wildman–Crippen MR) is 39.8 cm³/mol. The van der Waals surface area contributed by atoms with E-state index in [1.807, 2.05) is 33.1 Å². The molecule has 0 aliphatic heterocycles. The molecule has 0 bridgehead atoms. The Morgan fingerprint density at radius 3 is 1.78 bits per heavy atom. The minimum atomic E-state index is -1.17. The van der Waals surface area contributed by atoms with Gasteiger partial charge in [0.1, 0.15) is 0 Å². The van der Waals surface area contributed by atoms with Gasteiger partial charge in [-0.3, -0.25) is 4.90 Å². The van der Waals surface area contributed by atoms with Gasteiger partial charge >= 0.3 is 7.95 Å². The summed E-state index contributed by atoms with van der Waals surface area (Å²) in [5.41, 5.74) is 0. The lowest BCUT2D eigenvalue weighted by Crippen LogP contribution is -2.14. The highest BCUT2D eigenvalue weighted by atomic mass is 31.1. The van der Waals surface area contributed by atoms with Gasteiger partial charge in [0, 0.05) is 14.1 Å². The predicted octanol–water partition coefficient (Wildman–Crippen LogP) is 0.809. The molecule has 0 radical (unpaired) electrons. The van der Waals surface area contributed by atoms with E-state index in [0.717, 1.165) is 0 Å². The molecule has 0 spiro atoms. The molecule has 0 rings (SSSR count). The smallest absolute Gasteiger partial charge is 0.267 e. The number of hydrogen-bond acceptors (Lipinski definition) is 2. The minimum absolute atomic E-state index is 0.641. The van der Waals surface area contributed by atoms with E-state index < -0.39 is 7.95 Å². The molecule has 0 aliphatic carbocycles. The third-order valence-electron chi connectivity index (χ3n) is 0.850. The van der Waals surface area contributed by atoms with Crippen molar-refractivity contribution in [2.45, 2.75) is 0 Å². The molecule has 0 saturated heterocycles. The Morgan fingerprint density at radius 1 is 1.22 bits per heavy atom.